The Morgan fingerprint density at radius 3 is 2.16 bits per heavy atom. The van der Waals surface area contributed by atoms with Gasteiger partial charge in [-0.3, -0.25) is 0 Å². The van der Waals surface area contributed by atoms with Crippen molar-refractivity contribution in [3.05, 3.63) is 31.7 Å². The molecule has 0 N–H and O–H groups in total. The summed E-state index contributed by atoms with van der Waals surface area (Å²) in [4.78, 5) is 0. The lowest BCUT2D eigenvalue weighted by Gasteiger charge is -2.38. The molecular weight excluding hydrogens is 450 g/mol. The van der Waals surface area contributed by atoms with Gasteiger partial charge in [0.2, 0.25) is 0 Å². The summed E-state index contributed by atoms with van der Waals surface area (Å²) in [6.45, 7) is 11.9. The number of hydrogen-bond donors (Lipinski definition) is 0. The van der Waals surface area contributed by atoms with E-state index in [1.807, 2.05) is 0 Å². The van der Waals surface area contributed by atoms with Gasteiger partial charge < -0.3 is 4.23 Å². The van der Waals surface area contributed by atoms with Crippen molar-refractivity contribution in [2.75, 3.05) is 0 Å². The second-order valence-electron chi connectivity index (χ2n) is 6.42. The second kappa shape index (κ2) is 5.00. The van der Waals surface area contributed by atoms with Crippen LogP contribution in [-0.4, -0.2) is 12.5 Å². The van der Waals surface area contributed by atoms with E-state index < -0.39 is 8.24 Å². The lowest BCUT2D eigenvalue weighted by Crippen LogP contribution is -2.44. The van der Waals surface area contributed by atoms with Crippen molar-refractivity contribution < 1.29 is 0 Å². The van der Waals surface area contributed by atoms with Crippen LogP contribution in [0, 0.1) is 0 Å². The van der Waals surface area contributed by atoms with Crippen LogP contribution in [0.1, 0.15) is 20.8 Å². The standard InChI is InChI=1S/C14H18Br3NSi/c1-14(2,3)19(4,5)18-7-6-9-8-10(15)11(16)12(17)13(9)18/h6-8H,1-5H3. The van der Waals surface area contributed by atoms with Crippen LogP contribution < -0.4 is 0 Å². The SMILES string of the molecule is CC(C)(C)[Si](C)(C)n1ccc2cc(Br)c(Br)c(Br)c21. The zero-order valence-electron chi connectivity index (χ0n) is 11.8. The first kappa shape index (κ1) is 15.8. The highest BCUT2D eigenvalue weighted by molar-refractivity contribution is 9.14. The summed E-state index contributed by atoms with van der Waals surface area (Å²) in [5, 5.41) is 1.57. The molecule has 0 aliphatic heterocycles. The smallest absolute Gasteiger partial charge is 0.161 e. The molecule has 0 fully saturated rings. The number of benzene rings is 1. The van der Waals surface area contributed by atoms with E-state index in [4.69, 9.17) is 0 Å². The molecular formula is C14H18Br3NSi. The number of nitrogens with zero attached hydrogens (tertiary/aromatic N) is 1. The number of rotatable bonds is 1. The highest BCUT2D eigenvalue weighted by Gasteiger charge is 2.38. The average Bonchev–Trinajstić information content (AvgIpc) is 2.68. The van der Waals surface area contributed by atoms with Gasteiger partial charge in [0.15, 0.2) is 8.24 Å². The molecule has 0 spiro atoms. The van der Waals surface area contributed by atoms with Crippen LogP contribution in [-0.2, 0) is 0 Å². The molecule has 1 aromatic carbocycles. The Bertz CT molecular complexity index is 638. The molecule has 0 saturated carbocycles. The van der Waals surface area contributed by atoms with Crippen LogP contribution in [0.4, 0.5) is 0 Å². The van der Waals surface area contributed by atoms with E-state index in [1.165, 1.54) is 10.9 Å². The molecule has 2 aromatic rings. The normalized spacial score (nSPS) is 13.3. The second-order valence-corrected chi connectivity index (χ2v) is 14.0. The highest BCUT2D eigenvalue weighted by atomic mass is 79.9. The van der Waals surface area contributed by atoms with Gasteiger partial charge in [0, 0.05) is 14.3 Å². The van der Waals surface area contributed by atoms with Crippen molar-refractivity contribution in [1.29, 1.82) is 0 Å². The van der Waals surface area contributed by atoms with E-state index in [0.29, 0.717) is 5.04 Å². The van der Waals surface area contributed by atoms with Crippen LogP contribution in [0.5, 0.6) is 0 Å². The Morgan fingerprint density at radius 1 is 1.05 bits per heavy atom. The van der Waals surface area contributed by atoms with Gasteiger partial charge in [0.25, 0.3) is 0 Å². The maximum atomic E-state index is 3.75. The molecule has 5 heteroatoms. The van der Waals surface area contributed by atoms with E-state index in [0.717, 1.165) is 13.4 Å². The molecule has 0 radical (unpaired) electrons. The molecule has 0 aliphatic carbocycles. The van der Waals surface area contributed by atoms with Gasteiger partial charge in [-0.25, -0.2) is 0 Å². The van der Waals surface area contributed by atoms with Gasteiger partial charge in [-0.1, -0.05) is 33.9 Å². The van der Waals surface area contributed by atoms with Crippen LogP contribution in [0.25, 0.3) is 10.9 Å². The molecule has 0 saturated heterocycles. The molecule has 19 heavy (non-hydrogen) atoms. The molecule has 0 aliphatic rings. The first-order chi connectivity index (χ1) is 8.57. The minimum absolute atomic E-state index is 0.304. The third-order valence-electron chi connectivity index (χ3n) is 4.25. The topological polar surface area (TPSA) is 4.93 Å². The molecule has 0 atom stereocenters. The summed E-state index contributed by atoms with van der Waals surface area (Å²) in [5.74, 6) is 0. The average molecular weight is 468 g/mol. The van der Waals surface area contributed by atoms with E-state index >= 15 is 0 Å². The number of hydrogen-bond acceptors (Lipinski definition) is 0. The summed E-state index contributed by atoms with van der Waals surface area (Å²) < 4.78 is 5.80. The molecule has 1 aromatic heterocycles. The minimum atomic E-state index is -1.61. The van der Waals surface area contributed by atoms with Gasteiger partial charge >= 0.3 is 0 Å². The molecule has 0 bridgehead atoms. The molecule has 0 amide bonds. The maximum absolute atomic E-state index is 3.75. The molecule has 2 rings (SSSR count). The zero-order valence-corrected chi connectivity index (χ0v) is 17.6. The Hall–Kier alpha value is 0.417. The quantitative estimate of drug-likeness (QED) is 0.321. The highest BCUT2D eigenvalue weighted by Crippen LogP contribution is 2.43. The Kier molecular flexibility index (Phi) is 4.16. The fourth-order valence-corrected chi connectivity index (χ4v) is 5.81. The molecule has 1 nitrogen and oxygen atoms in total. The van der Waals surface area contributed by atoms with Gasteiger partial charge in [0.1, 0.15) is 0 Å². The molecule has 0 unspecified atom stereocenters. The Morgan fingerprint density at radius 2 is 1.63 bits per heavy atom. The van der Waals surface area contributed by atoms with Crippen molar-refractivity contribution in [2.45, 2.75) is 38.9 Å². The van der Waals surface area contributed by atoms with Crippen molar-refractivity contribution >= 4 is 66.9 Å². The summed E-state index contributed by atoms with van der Waals surface area (Å²) in [6.07, 6.45) is 2.24. The van der Waals surface area contributed by atoms with Gasteiger partial charge in [-0.2, -0.15) is 0 Å². The van der Waals surface area contributed by atoms with Gasteiger partial charge in [0.05, 0.1) is 9.99 Å². The summed E-state index contributed by atoms with van der Waals surface area (Å²) in [7, 11) is -1.61. The van der Waals surface area contributed by atoms with E-state index in [2.05, 4.69) is 104 Å². The van der Waals surface area contributed by atoms with Crippen molar-refractivity contribution in [3.63, 3.8) is 0 Å². The van der Waals surface area contributed by atoms with Crippen LogP contribution in [0.15, 0.2) is 31.7 Å². The van der Waals surface area contributed by atoms with Crippen molar-refractivity contribution in [1.82, 2.24) is 4.23 Å². The minimum Gasteiger partial charge on any atom is -0.373 e. The van der Waals surface area contributed by atoms with Crippen LogP contribution >= 0.6 is 47.8 Å². The maximum Gasteiger partial charge on any atom is 0.161 e. The van der Waals surface area contributed by atoms with Gasteiger partial charge in [-0.15, -0.1) is 0 Å². The predicted octanol–water partition coefficient (Wildman–Crippen LogP) is 6.78. The number of halogens is 3. The third kappa shape index (κ3) is 2.52. The van der Waals surface area contributed by atoms with E-state index in [9.17, 15) is 0 Å². The molecule has 1 heterocycles. The van der Waals surface area contributed by atoms with Crippen molar-refractivity contribution in [3.8, 4) is 0 Å². The summed E-state index contributed by atoms with van der Waals surface area (Å²) in [6, 6.07) is 4.38. The predicted molar refractivity (Wildman–Crippen MR) is 97.6 cm³/mol. The van der Waals surface area contributed by atoms with Crippen molar-refractivity contribution in [2.24, 2.45) is 0 Å². The number of fused-ring (bicyclic) bond motifs is 1. The van der Waals surface area contributed by atoms with E-state index in [-0.39, 0.29) is 0 Å². The third-order valence-corrected chi connectivity index (χ3v) is 12.8. The summed E-state index contributed by atoms with van der Waals surface area (Å²) >= 11 is 11.0. The zero-order chi connectivity index (χ0) is 14.6. The van der Waals surface area contributed by atoms with Crippen LogP contribution in [0.2, 0.25) is 18.1 Å². The fourth-order valence-electron chi connectivity index (χ4n) is 2.03. The largest absolute Gasteiger partial charge is 0.373 e. The molecule has 104 valence electrons. The lowest BCUT2D eigenvalue weighted by atomic mass is 10.2. The Balaban J connectivity index is 2.81. The monoisotopic (exact) mass is 465 g/mol. The number of aromatic nitrogens is 1. The lowest BCUT2D eigenvalue weighted by molar-refractivity contribution is 0.703. The fraction of sp³-hybridized carbons (Fsp3) is 0.429. The Labute approximate surface area is 141 Å². The van der Waals surface area contributed by atoms with Gasteiger partial charge in [-0.05, 0) is 71.2 Å². The first-order valence-electron chi connectivity index (χ1n) is 6.22. The summed E-state index contributed by atoms with van der Waals surface area (Å²) in [5.41, 5.74) is 1.29. The van der Waals surface area contributed by atoms with Crippen LogP contribution in [0.3, 0.4) is 0 Å². The first-order valence-corrected chi connectivity index (χ1v) is 11.5. The van der Waals surface area contributed by atoms with E-state index in [1.54, 1.807) is 0 Å².